The predicted molar refractivity (Wildman–Crippen MR) is 105 cm³/mol. The summed E-state index contributed by atoms with van der Waals surface area (Å²) in [5.41, 5.74) is 0. The number of aliphatic carboxylic acids is 1. The molecule has 0 radical (unpaired) electrons. The van der Waals surface area contributed by atoms with Crippen molar-refractivity contribution in [1.29, 1.82) is 0 Å². The van der Waals surface area contributed by atoms with E-state index in [2.05, 4.69) is 79.8 Å². The number of allylic oxidation sites excluding steroid dienone is 12. The number of carboxylic acid groups (broad SMARTS) is 1. The second kappa shape index (κ2) is 19.0. The first-order chi connectivity index (χ1) is 11.8. The van der Waals surface area contributed by atoms with Crippen LogP contribution in [0.4, 0.5) is 0 Å². The maximum atomic E-state index is 10.3. The van der Waals surface area contributed by atoms with Gasteiger partial charge < -0.3 is 5.11 Å². The molecule has 0 spiro atoms. The van der Waals surface area contributed by atoms with Crippen LogP contribution >= 0.6 is 0 Å². The lowest BCUT2D eigenvalue weighted by atomic mass is 10.2. The van der Waals surface area contributed by atoms with Crippen LogP contribution in [-0.2, 0) is 4.79 Å². The van der Waals surface area contributed by atoms with E-state index in [0.717, 1.165) is 44.9 Å². The number of hydrogen-bond donors (Lipinski definition) is 1. The van der Waals surface area contributed by atoms with E-state index in [1.54, 1.807) is 0 Å². The molecular formula is C22H32O2. The van der Waals surface area contributed by atoms with E-state index < -0.39 is 5.97 Å². The first kappa shape index (κ1) is 21.9. The van der Waals surface area contributed by atoms with Gasteiger partial charge in [-0.25, -0.2) is 0 Å². The smallest absolute Gasteiger partial charge is 0.303 e. The molecule has 0 aromatic carbocycles. The average molecular weight is 328 g/mol. The molecule has 0 rings (SSSR count). The summed E-state index contributed by atoms with van der Waals surface area (Å²) in [5, 5.41) is 8.51. The van der Waals surface area contributed by atoms with Crippen molar-refractivity contribution in [3.8, 4) is 0 Å². The Morgan fingerprint density at radius 1 is 0.708 bits per heavy atom. The lowest BCUT2D eigenvalue weighted by Crippen LogP contribution is -1.92. The first-order valence-electron chi connectivity index (χ1n) is 8.90. The van der Waals surface area contributed by atoms with E-state index >= 15 is 0 Å². The fourth-order valence-corrected chi connectivity index (χ4v) is 1.85. The molecule has 0 aliphatic heterocycles. The minimum atomic E-state index is -0.717. The third-order valence-corrected chi connectivity index (χ3v) is 3.14. The van der Waals surface area contributed by atoms with Gasteiger partial charge in [0, 0.05) is 6.42 Å². The molecule has 0 saturated carbocycles. The molecule has 1 N–H and O–H groups in total. The Labute approximate surface area is 147 Å². The molecule has 0 aliphatic rings. The zero-order chi connectivity index (χ0) is 17.7. The molecule has 24 heavy (non-hydrogen) atoms. The molecule has 0 heterocycles. The molecule has 0 aromatic heterocycles. The van der Waals surface area contributed by atoms with E-state index in [0.29, 0.717) is 0 Å². The Morgan fingerprint density at radius 3 is 1.67 bits per heavy atom. The lowest BCUT2D eigenvalue weighted by Gasteiger charge is -1.89. The molecule has 0 fully saturated rings. The summed E-state index contributed by atoms with van der Waals surface area (Å²) >= 11 is 0. The van der Waals surface area contributed by atoms with Crippen molar-refractivity contribution in [2.24, 2.45) is 0 Å². The fraction of sp³-hybridized carbons (Fsp3) is 0.409. The Bertz CT molecular complexity index is 462. The number of rotatable bonds is 14. The summed E-state index contributed by atoms with van der Waals surface area (Å²) in [7, 11) is 0. The summed E-state index contributed by atoms with van der Waals surface area (Å²) in [5.74, 6) is -0.717. The van der Waals surface area contributed by atoms with Crippen LogP contribution in [0, 0.1) is 0 Å². The molecule has 0 aromatic rings. The molecule has 0 aliphatic carbocycles. The first-order valence-corrected chi connectivity index (χ1v) is 8.90. The summed E-state index contributed by atoms with van der Waals surface area (Å²) < 4.78 is 0. The molecule has 0 atom stereocenters. The van der Waals surface area contributed by atoms with Gasteiger partial charge in [0.25, 0.3) is 0 Å². The number of carbonyl (C=O) groups is 1. The molecule has 0 saturated heterocycles. The monoisotopic (exact) mass is 328 g/mol. The van der Waals surface area contributed by atoms with Crippen LogP contribution in [0.2, 0.25) is 0 Å². The van der Waals surface area contributed by atoms with E-state index in [9.17, 15) is 4.79 Å². The average Bonchev–Trinajstić information content (AvgIpc) is 2.56. The summed E-state index contributed by atoms with van der Waals surface area (Å²) in [6.45, 7) is 2.13. The van der Waals surface area contributed by atoms with Crippen LogP contribution in [-0.4, -0.2) is 11.1 Å². The lowest BCUT2D eigenvalue weighted by molar-refractivity contribution is -0.137. The van der Waals surface area contributed by atoms with Gasteiger partial charge in [0.05, 0.1) is 0 Å². The van der Waals surface area contributed by atoms with Crippen LogP contribution < -0.4 is 0 Å². The topological polar surface area (TPSA) is 37.3 Å². The highest BCUT2D eigenvalue weighted by molar-refractivity contribution is 5.66. The molecule has 2 heteroatoms. The van der Waals surface area contributed by atoms with Gasteiger partial charge in [0.1, 0.15) is 0 Å². The number of carboxylic acids is 1. The van der Waals surface area contributed by atoms with Crippen molar-refractivity contribution in [3.63, 3.8) is 0 Å². The van der Waals surface area contributed by atoms with Gasteiger partial charge in [-0.1, -0.05) is 79.8 Å². The fourth-order valence-electron chi connectivity index (χ4n) is 1.85. The second-order valence-electron chi connectivity index (χ2n) is 5.38. The molecular weight excluding hydrogens is 296 g/mol. The molecule has 2 nitrogen and oxygen atoms in total. The van der Waals surface area contributed by atoms with Crippen LogP contribution in [0.3, 0.4) is 0 Å². The second-order valence-corrected chi connectivity index (χ2v) is 5.38. The van der Waals surface area contributed by atoms with Crippen LogP contribution in [0.15, 0.2) is 72.9 Å². The number of hydrogen-bond acceptors (Lipinski definition) is 1. The van der Waals surface area contributed by atoms with Crippen molar-refractivity contribution in [2.75, 3.05) is 0 Å². The van der Waals surface area contributed by atoms with Crippen molar-refractivity contribution in [2.45, 2.75) is 58.3 Å². The highest BCUT2D eigenvalue weighted by Gasteiger charge is 1.92. The Hall–Kier alpha value is -2.09. The summed E-state index contributed by atoms with van der Waals surface area (Å²) in [4.78, 5) is 10.3. The quantitative estimate of drug-likeness (QED) is 0.223. The minimum Gasteiger partial charge on any atom is -0.481 e. The van der Waals surface area contributed by atoms with Crippen molar-refractivity contribution in [1.82, 2.24) is 0 Å². The van der Waals surface area contributed by atoms with E-state index in [-0.39, 0.29) is 6.42 Å². The van der Waals surface area contributed by atoms with Gasteiger partial charge in [-0.3, -0.25) is 4.79 Å². The maximum Gasteiger partial charge on any atom is 0.303 e. The third-order valence-electron chi connectivity index (χ3n) is 3.14. The van der Waals surface area contributed by atoms with Crippen LogP contribution in [0.1, 0.15) is 58.3 Å². The number of unbranched alkanes of at least 4 members (excludes halogenated alkanes) is 1. The van der Waals surface area contributed by atoms with Gasteiger partial charge in [0.2, 0.25) is 0 Å². The minimum absolute atomic E-state index is 0.256. The van der Waals surface area contributed by atoms with E-state index in [1.165, 1.54) is 0 Å². The van der Waals surface area contributed by atoms with Crippen molar-refractivity contribution < 1.29 is 9.90 Å². The van der Waals surface area contributed by atoms with E-state index in [1.807, 2.05) is 0 Å². The SMILES string of the molecule is CC/C=C\C=C/C/C=C\C/C=C\C/C=C\C/C=C\CCCC(=O)O. The summed E-state index contributed by atoms with van der Waals surface area (Å²) in [6.07, 6.45) is 32.4. The zero-order valence-electron chi connectivity index (χ0n) is 14.9. The van der Waals surface area contributed by atoms with Crippen LogP contribution in [0.5, 0.6) is 0 Å². The highest BCUT2D eigenvalue weighted by atomic mass is 16.4. The predicted octanol–water partition coefficient (Wildman–Crippen LogP) is 6.55. The van der Waals surface area contributed by atoms with Crippen LogP contribution in [0.25, 0.3) is 0 Å². The van der Waals surface area contributed by atoms with Gasteiger partial charge >= 0.3 is 5.97 Å². The van der Waals surface area contributed by atoms with Gasteiger partial charge in [-0.05, 0) is 44.9 Å². The van der Waals surface area contributed by atoms with E-state index in [4.69, 9.17) is 5.11 Å². The van der Waals surface area contributed by atoms with Gasteiger partial charge in [-0.15, -0.1) is 0 Å². The normalized spacial score (nSPS) is 13.0. The molecule has 0 unspecified atom stereocenters. The van der Waals surface area contributed by atoms with Crippen molar-refractivity contribution in [3.05, 3.63) is 72.9 Å². The molecule has 132 valence electrons. The third kappa shape index (κ3) is 19.9. The highest BCUT2D eigenvalue weighted by Crippen LogP contribution is 1.99. The standard InChI is InChI=1S/C22H32O2/c1-2-3-4-5-6-7-8-9-10-11-12-13-14-15-16-17-18-19-20-21-22(23)24/h3-6,8-9,11-12,14-15,17-18H,2,7,10,13,16,19-21H2,1H3,(H,23,24)/b4-3-,6-5-,9-8-,12-11-,15-14-,18-17-. The largest absolute Gasteiger partial charge is 0.481 e. The Morgan fingerprint density at radius 2 is 1.17 bits per heavy atom. The van der Waals surface area contributed by atoms with Gasteiger partial charge in [0.15, 0.2) is 0 Å². The Kier molecular flexibility index (Phi) is 17.3. The zero-order valence-corrected chi connectivity index (χ0v) is 14.9. The van der Waals surface area contributed by atoms with Crippen molar-refractivity contribution >= 4 is 5.97 Å². The Balaban J connectivity index is 3.51. The molecule has 0 bridgehead atoms. The maximum absolute atomic E-state index is 10.3. The molecule has 0 amide bonds. The van der Waals surface area contributed by atoms with Gasteiger partial charge in [-0.2, -0.15) is 0 Å². The summed E-state index contributed by atoms with van der Waals surface area (Å²) in [6, 6.07) is 0.